The Bertz CT molecular complexity index is 573. The van der Waals surface area contributed by atoms with Gasteiger partial charge in [-0.3, -0.25) is 0 Å². The molecule has 0 aliphatic carbocycles. The fourth-order valence-corrected chi connectivity index (χ4v) is 2.70. The fraction of sp³-hybridized carbons (Fsp3) is 0.294. The monoisotopic (exact) mass is 367 g/mol. The molecule has 1 atom stereocenters. The highest BCUT2D eigenvalue weighted by Crippen LogP contribution is 2.20. The van der Waals surface area contributed by atoms with Crippen LogP contribution in [0.3, 0.4) is 0 Å². The quantitative estimate of drug-likeness (QED) is 0.801. The highest BCUT2D eigenvalue weighted by atomic mass is 79.9. The molecule has 2 aromatic rings. The van der Waals surface area contributed by atoms with Crippen LogP contribution in [-0.4, -0.2) is 23.6 Å². The minimum atomic E-state index is -0.431. The molecule has 1 N–H and O–H groups in total. The number of halogens is 2. The number of aliphatic hydroxyl groups excluding tert-OH is 1. The van der Waals surface area contributed by atoms with E-state index >= 15 is 0 Å². The van der Waals surface area contributed by atoms with Crippen LogP contribution in [-0.2, 0) is 6.54 Å². The lowest BCUT2D eigenvalue weighted by atomic mass is 10.1. The van der Waals surface area contributed by atoms with Crippen LogP contribution in [0, 0.1) is 0 Å². The van der Waals surface area contributed by atoms with Crippen LogP contribution >= 0.6 is 27.5 Å². The van der Waals surface area contributed by atoms with Gasteiger partial charge in [-0.15, -0.1) is 0 Å². The molecule has 0 aliphatic rings. The van der Waals surface area contributed by atoms with Crippen molar-refractivity contribution in [3.63, 3.8) is 0 Å². The molecular weight excluding hydrogens is 350 g/mol. The Hall–Kier alpha value is -0.870. The first-order valence-corrected chi connectivity index (χ1v) is 8.08. The second-order valence-corrected chi connectivity index (χ2v) is 6.58. The summed E-state index contributed by atoms with van der Waals surface area (Å²) in [5, 5.41) is 11.0. The molecule has 4 heteroatoms. The standard InChI is InChI=1S/C17H19BrClNO/c1-20(12-13-3-2-4-16(19)11-13)10-9-17(21)14-5-7-15(18)8-6-14/h2-8,11,17,21H,9-10,12H2,1H3. The van der Waals surface area contributed by atoms with Crippen molar-refractivity contribution in [2.45, 2.75) is 19.1 Å². The Morgan fingerprint density at radius 1 is 1.19 bits per heavy atom. The summed E-state index contributed by atoms with van der Waals surface area (Å²) in [4.78, 5) is 2.19. The van der Waals surface area contributed by atoms with Crippen LogP contribution in [0.4, 0.5) is 0 Å². The maximum atomic E-state index is 10.2. The van der Waals surface area contributed by atoms with Crippen LogP contribution in [0.2, 0.25) is 5.02 Å². The van der Waals surface area contributed by atoms with Gasteiger partial charge in [0.05, 0.1) is 6.10 Å². The van der Waals surface area contributed by atoms with E-state index in [0.717, 1.165) is 28.1 Å². The zero-order chi connectivity index (χ0) is 15.2. The van der Waals surface area contributed by atoms with E-state index in [0.29, 0.717) is 6.42 Å². The number of hydrogen-bond acceptors (Lipinski definition) is 2. The van der Waals surface area contributed by atoms with Crippen molar-refractivity contribution in [3.05, 3.63) is 69.2 Å². The lowest BCUT2D eigenvalue weighted by Crippen LogP contribution is -2.20. The summed E-state index contributed by atoms with van der Waals surface area (Å²) in [6.07, 6.45) is 0.276. The van der Waals surface area contributed by atoms with Gasteiger partial charge >= 0.3 is 0 Å². The van der Waals surface area contributed by atoms with Gasteiger partial charge in [-0.2, -0.15) is 0 Å². The lowest BCUT2D eigenvalue weighted by Gasteiger charge is -2.19. The van der Waals surface area contributed by atoms with Crippen LogP contribution in [0.1, 0.15) is 23.7 Å². The average molecular weight is 369 g/mol. The molecule has 0 fully saturated rings. The molecule has 2 rings (SSSR count). The summed E-state index contributed by atoms with van der Waals surface area (Å²) < 4.78 is 1.02. The van der Waals surface area contributed by atoms with Crippen molar-refractivity contribution in [2.75, 3.05) is 13.6 Å². The molecule has 0 amide bonds. The topological polar surface area (TPSA) is 23.5 Å². The lowest BCUT2D eigenvalue weighted by molar-refractivity contribution is 0.147. The zero-order valence-electron chi connectivity index (χ0n) is 12.0. The first-order valence-electron chi connectivity index (χ1n) is 6.91. The molecule has 21 heavy (non-hydrogen) atoms. The van der Waals surface area contributed by atoms with E-state index in [1.165, 1.54) is 5.56 Å². The van der Waals surface area contributed by atoms with Gasteiger partial charge in [0.1, 0.15) is 0 Å². The molecule has 0 saturated heterocycles. The molecule has 0 heterocycles. The molecule has 0 radical (unpaired) electrons. The molecule has 2 aromatic carbocycles. The van der Waals surface area contributed by atoms with Gasteiger partial charge in [-0.25, -0.2) is 0 Å². The van der Waals surface area contributed by atoms with Crippen LogP contribution in [0.15, 0.2) is 53.0 Å². The van der Waals surface area contributed by atoms with Gasteiger partial charge in [-0.05, 0) is 48.9 Å². The van der Waals surface area contributed by atoms with Crippen molar-refractivity contribution in [3.8, 4) is 0 Å². The summed E-state index contributed by atoms with van der Waals surface area (Å²) >= 11 is 9.39. The second-order valence-electron chi connectivity index (χ2n) is 5.22. The van der Waals surface area contributed by atoms with E-state index in [4.69, 9.17) is 11.6 Å². The zero-order valence-corrected chi connectivity index (χ0v) is 14.3. The van der Waals surface area contributed by atoms with Crippen molar-refractivity contribution >= 4 is 27.5 Å². The summed E-state index contributed by atoms with van der Waals surface area (Å²) in [6, 6.07) is 15.7. The van der Waals surface area contributed by atoms with E-state index in [-0.39, 0.29) is 0 Å². The maximum Gasteiger partial charge on any atom is 0.0802 e. The third-order valence-corrected chi connectivity index (χ3v) is 4.14. The molecule has 1 unspecified atom stereocenters. The Balaban J connectivity index is 1.83. The summed E-state index contributed by atoms with van der Waals surface area (Å²) in [5.41, 5.74) is 2.14. The van der Waals surface area contributed by atoms with Gasteiger partial charge in [0.2, 0.25) is 0 Å². The summed E-state index contributed by atoms with van der Waals surface area (Å²) in [7, 11) is 2.05. The van der Waals surface area contributed by atoms with Crippen molar-refractivity contribution in [1.82, 2.24) is 4.90 Å². The molecule has 0 saturated carbocycles. The fourth-order valence-electron chi connectivity index (χ4n) is 2.22. The average Bonchev–Trinajstić information content (AvgIpc) is 2.45. The summed E-state index contributed by atoms with van der Waals surface area (Å²) in [6.45, 7) is 1.65. The van der Waals surface area contributed by atoms with E-state index < -0.39 is 6.10 Å². The molecular formula is C17H19BrClNO. The van der Waals surface area contributed by atoms with Crippen LogP contribution < -0.4 is 0 Å². The molecule has 0 spiro atoms. The van der Waals surface area contributed by atoms with E-state index in [1.54, 1.807) is 0 Å². The first kappa shape index (κ1) is 16.5. The highest BCUT2D eigenvalue weighted by molar-refractivity contribution is 9.10. The Morgan fingerprint density at radius 2 is 1.90 bits per heavy atom. The van der Waals surface area contributed by atoms with E-state index in [9.17, 15) is 5.11 Å². The van der Waals surface area contributed by atoms with Gasteiger partial charge in [0.25, 0.3) is 0 Å². The third-order valence-electron chi connectivity index (χ3n) is 3.38. The summed E-state index contributed by atoms with van der Waals surface area (Å²) in [5.74, 6) is 0. The molecule has 0 aromatic heterocycles. The van der Waals surface area contributed by atoms with Crippen molar-refractivity contribution in [1.29, 1.82) is 0 Å². The van der Waals surface area contributed by atoms with Gasteiger partial charge in [-0.1, -0.05) is 51.8 Å². The highest BCUT2D eigenvalue weighted by Gasteiger charge is 2.09. The second kappa shape index (κ2) is 7.95. The number of rotatable bonds is 6. The molecule has 0 aliphatic heterocycles. The van der Waals surface area contributed by atoms with Crippen molar-refractivity contribution < 1.29 is 5.11 Å². The number of nitrogens with zero attached hydrogens (tertiary/aromatic N) is 1. The van der Waals surface area contributed by atoms with E-state index in [1.807, 2.05) is 42.5 Å². The largest absolute Gasteiger partial charge is 0.388 e. The van der Waals surface area contributed by atoms with Gasteiger partial charge in [0, 0.05) is 22.6 Å². The Morgan fingerprint density at radius 3 is 2.57 bits per heavy atom. The molecule has 0 bridgehead atoms. The molecule has 2 nitrogen and oxygen atoms in total. The van der Waals surface area contributed by atoms with Crippen LogP contribution in [0.25, 0.3) is 0 Å². The normalized spacial score (nSPS) is 12.6. The van der Waals surface area contributed by atoms with Gasteiger partial charge < -0.3 is 10.0 Å². The predicted molar refractivity (Wildman–Crippen MR) is 91.5 cm³/mol. The number of hydrogen-bond donors (Lipinski definition) is 1. The van der Waals surface area contributed by atoms with Crippen molar-refractivity contribution in [2.24, 2.45) is 0 Å². The minimum Gasteiger partial charge on any atom is -0.388 e. The Kier molecular flexibility index (Phi) is 6.24. The van der Waals surface area contributed by atoms with Gasteiger partial charge in [0.15, 0.2) is 0 Å². The smallest absolute Gasteiger partial charge is 0.0802 e. The first-order chi connectivity index (χ1) is 10.0. The predicted octanol–water partition coefficient (Wildman–Crippen LogP) is 4.66. The molecule has 112 valence electrons. The Labute approximate surface area is 139 Å². The van der Waals surface area contributed by atoms with E-state index in [2.05, 4.69) is 33.9 Å². The number of benzene rings is 2. The number of aliphatic hydroxyl groups is 1. The maximum absolute atomic E-state index is 10.2. The third kappa shape index (κ3) is 5.44. The van der Waals surface area contributed by atoms with Crippen LogP contribution in [0.5, 0.6) is 0 Å². The minimum absolute atomic E-state index is 0.431. The SMILES string of the molecule is CN(CCC(O)c1ccc(Br)cc1)Cc1cccc(Cl)c1.